The predicted molar refractivity (Wildman–Crippen MR) is 123 cm³/mol. The second kappa shape index (κ2) is 8.78. The van der Waals surface area contributed by atoms with Crippen molar-refractivity contribution in [1.82, 2.24) is 4.90 Å². The Bertz CT molecular complexity index is 897. The average molecular weight is 463 g/mol. The topological polar surface area (TPSA) is 87.2 Å². The van der Waals surface area contributed by atoms with Gasteiger partial charge in [-0.2, -0.15) is 0 Å². The van der Waals surface area contributed by atoms with Gasteiger partial charge in [0.15, 0.2) is 0 Å². The molecule has 1 aromatic rings. The molecule has 176 valence electrons. The Hall–Kier alpha value is -1.93. The van der Waals surface area contributed by atoms with E-state index in [-0.39, 0.29) is 46.7 Å². The highest BCUT2D eigenvalue weighted by atomic mass is 32.1. The van der Waals surface area contributed by atoms with Gasteiger partial charge in [-0.1, -0.05) is 27.7 Å². The number of carboxylic acid groups (broad SMARTS) is 1. The molecule has 4 rings (SSSR count). The molecule has 0 aromatic carbocycles. The smallest absolute Gasteiger partial charge is 0.348 e. The molecule has 0 radical (unpaired) electrons. The summed E-state index contributed by atoms with van der Waals surface area (Å²) in [5.41, 5.74) is 0.113. The highest BCUT2D eigenvalue weighted by Crippen LogP contribution is 2.39. The van der Waals surface area contributed by atoms with Gasteiger partial charge in [0.25, 0.3) is 0 Å². The maximum absolute atomic E-state index is 13.7. The zero-order valence-corrected chi connectivity index (χ0v) is 20.2. The molecule has 2 atom stereocenters. The molecule has 2 aliphatic heterocycles. The van der Waals surface area contributed by atoms with Crippen LogP contribution in [-0.2, 0) is 19.7 Å². The third-order valence-electron chi connectivity index (χ3n) is 7.08. The fourth-order valence-corrected chi connectivity index (χ4v) is 6.10. The Kier molecular flexibility index (Phi) is 6.38. The molecule has 1 saturated carbocycles. The second-order valence-electron chi connectivity index (χ2n) is 10.7. The fraction of sp³-hybridized carbons (Fsp3) is 0.708. The third kappa shape index (κ3) is 4.57. The Morgan fingerprint density at radius 3 is 2.44 bits per heavy atom. The third-order valence-corrected chi connectivity index (χ3v) is 8.62. The maximum atomic E-state index is 13.7. The number of likely N-dealkylation sites (tertiary alicyclic amines) is 1. The number of carbonyl (C=O) groups excluding carboxylic acids is 2. The van der Waals surface area contributed by atoms with Crippen molar-refractivity contribution in [3.63, 3.8) is 0 Å². The van der Waals surface area contributed by atoms with E-state index in [0.29, 0.717) is 24.8 Å². The molecule has 1 N–H and O–H groups in total. The minimum atomic E-state index is -1.06. The lowest BCUT2D eigenvalue weighted by molar-refractivity contribution is -0.136. The van der Waals surface area contributed by atoms with E-state index in [2.05, 4.69) is 6.92 Å². The van der Waals surface area contributed by atoms with Crippen LogP contribution < -0.4 is 4.90 Å². The summed E-state index contributed by atoms with van der Waals surface area (Å²) in [7, 11) is 0. The molecule has 1 aromatic heterocycles. The number of carbonyl (C=O) groups is 3. The summed E-state index contributed by atoms with van der Waals surface area (Å²) in [6.45, 7) is 9.24. The van der Waals surface area contributed by atoms with Gasteiger partial charge in [-0.25, -0.2) is 4.79 Å². The number of carboxylic acids is 1. The van der Waals surface area contributed by atoms with Gasteiger partial charge in [0.1, 0.15) is 11.4 Å². The molecule has 2 amide bonds. The van der Waals surface area contributed by atoms with E-state index in [1.165, 1.54) is 16.2 Å². The van der Waals surface area contributed by atoms with Gasteiger partial charge >= 0.3 is 5.97 Å². The molecule has 1 aliphatic carbocycles. The zero-order chi connectivity index (χ0) is 23.2. The van der Waals surface area contributed by atoms with Crippen molar-refractivity contribution < 1.29 is 24.2 Å². The van der Waals surface area contributed by atoms with Crippen LogP contribution in [0.5, 0.6) is 0 Å². The van der Waals surface area contributed by atoms with Crippen molar-refractivity contribution in [3.8, 4) is 0 Å². The number of amides is 2. The molecular formula is C24H34N2O5S. The van der Waals surface area contributed by atoms with Gasteiger partial charge < -0.3 is 19.6 Å². The highest BCUT2D eigenvalue weighted by Gasteiger charge is 2.43. The first-order valence-electron chi connectivity index (χ1n) is 11.6. The number of nitrogens with zero attached hydrogens (tertiary/aromatic N) is 2. The first-order valence-corrected chi connectivity index (χ1v) is 12.5. The van der Waals surface area contributed by atoms with Crippen molar-refractivity contribution in [3.05, 3.63) is 15.8 Å². The largest absolute Gasteiger partial charge is 0.477 e. The van der Waals surface area contributed by atoms with Crippen molar-refractivity contribution in [1.29, 1.82) is 0 Å². The molecule has 7 nitrogen and oxygen atoms in total. The molecule has 32 heavy (non-hydrogen) atoms. The second-order valence-corrected chi connectivity index (χ2v) is 11.7. The molecule has 0 spiro atoms. The SMILES string of the molecule is CC1CCC(C(=O)N(CC(=O)N2C[C@H]3C[C@H]2CO3)c2cc(C(C)(C)C)sc2C(=O)O)CC1. The number of hydrogen-bond donors (Lipinski definition) is 1. The van der Waals surface area contributed by atoms with Gasteiger partial charge in [-0.05, 0) is 49.5 Å². The lowest BCUT2D eigenvalue weighted by Crippen LogP contribution is -2.49. The molecule has 0 unspecified atom stereocenters. The van der Waals surface area contributed by atoms with Crippen molar-refractivity contribution in [2.45, 2.75) is 77.4 Å². The van der Waals surface area contributed by atoms with Crippen LogP contribution in [0.25, 0.3) is 0 Å². The number of thiophene rings is 1. The van der Waals surface area contributed by atoms with Gasteiger partial charge in [0, 0.05) is 17.3 Å². The van der Waals surface area contributed by atoms with Gasteiger partial charge in [-0.3, -0.25) is 9.59 Å². The molecule has 3 heterocycles. The Balaban J connectivity index is 1.66. The summed E-state index contributed by atoms with van der Waals surface area (Å²) >= 11 is 1.20. The Morgan fingerprint density at radius 1 is 1.22 bits per heavy atom. The molecule has 3 fully saturated rings. The van der Waals surface area contributed by atoms with Gasteiger partial charge in [0.05, 0.1) is 24.4 Å². The lowest BCUT2D eigenvalue weighted by atomic mass is 9.82. The van der Waals surface area contributed by atoms with Crippen LogP contribution in [0.1, 0.15) is 74.3 Å². The van der Waals surface area contributed by atoms with Crippen molar-refractivity contribution in [2.24, 2.45) is 11.8 Å². The van der Waals surface area contributed by atoms with E-state index in [1.807, 2.05) is 31.7 Å². The summed E-state index contributed by atoms with van der Waals surface area (Å²) in [6, 6.07) is 1.87. The lowest BCUT2D eigenvalue weighted by Gasteiger charge is -2.33. The van der Waals surface area contributed by atoms with Crippen LogP contribution in [0.2, 0.25) is 0 Å². The summed E-state index contributed by atoms with van der Waals surface area (Å²) < 4.78 is 5.62. The van der Waals surface area contributed by atoms with E-state index >= 15 is 0 Å². The molecule has 2 bridgehead atoms. The van der Waals surface area contributed by atoms with Crippen LogP contribution in [0.3, 0.4) is 0 Å². The van der Waals surface area contributed by atoms with Crippen LogP contribution in [0.15, 0.2) is 6.07 Å². The molecule has 2 saturated heterocycles. The minimum absolute atomic E-state index is 0.0616. The monoisotopic (exact) mass is 462 g/mol. The number of rotatable bonds is 5. The van der Waals surface area contributed by atoms with Crippen LogP contribution >= 0.6 is 11.3 Å². The Morgan fingerprint density at radius 2 is 1.91 bits per heavy atom. The number of morpholine rings is 1. The van der Waals surface area contributed by atoms with E-state index in [4.69, 9.17) is 4.74 Å². The van der Waals surface area contributed by atoms with Crippen LogP contribution in [0.4, 0.5) is 5.69 Å². The summed E-state index contributed by atoms with van der Waals surface area (Å²) in [5.74, 6) is -0.879. The quantitative estimate of drug-likeness (QED) is 0.717. The van der Waals surface area contributed by atoms with Gasteiger partial charge in [-0.15, -0.1) is 11.3 Å². The normalized spacial score (nSPS) is 27.6. The average Bonchev–Trinajstić information content (AvgIpc) is 3.46. The van der Waals surface area contributed by atoms with Crippen molar-refractivity contribution >= 4 is 34.8 Å². The molecular weight excluding hydrogens is 428 g/mol. The predicted octanol–water partition coefficient (Wildman–Crippen LogP) is 3.90. The van der Waals surface area contributed by atoms with E-state index in [1.54, 1.807) is 0 Å². The minimum Gasteiger partial charge on any atom is -0.477 e. The van der Waals surface area contributed by atoms with E-state index in [9.17, 15) is 19.5 Å². The summed E-state index contributed by atoms with van der Waals surface area (Å²) in [4.78, 5) is 43.4. The number of hydrogen-bond acceptors (Lipinski definition) is 5. The van der Waals surface area contributed by atoms with Crippen LogP contribution in [-0.4, -0.2) is 59.6 Å². The zero-order valence-electron chi connectivity index (χ0n) is 19.4. The Labute approximate surface area is 193 Å². The first-order chi connectivity index (χ1) is 15.0. The summed E-state index contributed by atoms with van der Waals surface area (Å²) in [5, 5.41) is 9.91. The maximum Gasteiger partial charge on any atom is 0.348 e. The van der Waals surface area contributed by atoms with Crippen molar-refractivity contribution in [2.75, 3.05) is 24.6 Å². The number of ether oxygens (including phenoxy) is 1. The number of anilines is 1. The fourth-order valence-electron chi connectivity index (χ4n) is 5.05. The standard InChI is InChI=1S/C24H34N2O5S/c1-14-5-7-15(8-6-14)22(28)26(12-20(27)25-11-17-9-16(25)13-31-17)18-10-19(24(2,3)4)32-21(18)23(29)30/h10,14-17H,5-9,11-13H2,1-4H3,(H,29,30)/t14?,15?,16-,17+/m0/s1. The number of fused-ring (bicyclic) bond motifs is 2. The van der Waals surface area contributed by atoms with Gasteiger partial charge in [0.2, 0.25) is 11.8 Å². The van der Waals surface area contributed by atoms with E-state index in [0.717, 1.165) is 37.0 Å². The van der Waals surface area contributed by atoms with Crippen LogP contribution in [0, 0.1) is 11.8 Å². The first kappa shape index (κ1) is 23.2. The summed E-state index contributed by atoms with van der Waals surface area (Å²) in [6.07, 6.45) is 4.45. The highest BCUT2D eigenvalue weighted by molar-refractivity contribution is 7.14. The van der Waals surface area contributed by atoms with E-state index < -0.39 is 5.97 Å². The molecule has 3 aliphatic rings. The number of aromatic carboxylic acids is 1. The molecule has 8 heteroatoms.